The summed E-state index contributed by atoms with van der Waals surface area (Å²) in [6.45, 7) is 8.16. The molecule has 1 aromatic carbocycles. The smallest absolute Gasteiger partial charge is 0.243 e. The van der Waals surface area contributed by atoms with Crippen molar-refractivity contribution in [2.75, 3.05) is 18.8 Å². The maximum absolute atomic E-state index is 12.4. The molecule has 1 aromatic rings. The Balaban J connectivity index is 3.17. The second-order valence-electron chi connectivity index (χ2n) is 4.17. The molecular formula is C13H20N2O2S. The molecule has 100 valence electrons. The Bertz CT molecular complexity index is 524. The zero-order valence-corrected chi connectivity index (χ0v) is 11.7. The maximum atomic E-state index is 12.4. The van der Waals surface area contributed by atoms with Gasteiger partial charge in [0, 0.05) is 18.8 Å². The lowest BCUT2D eigenvalue weighted by Gasteiger charge is -2.20. The highest BCUT2D eigenvalue weighted by atomic mass is 32.2. The van der Waals surface area contributed by atoms with Crippen LogP contribution in [0.5, 0.6) is 0 Å². The first-order valence-corrected chi connectivity index (χ1v) is 7.34. The van der Waals surface area contributed by atoms with E-state index in [-0.39, 0.29) is 4.90 Å². The standard InChI is InChI=1S/C13H20N2O2S/c1-4-8-15(9-5-2)18(16,17)12-7-6-11(3)13(14)10-12/h4,6-7,10H,1,5,8-9,14H2,2-3H3. The van der Waals surface area contributed by atoms with Gasteiger partial charge in [0.1, 0.15) is 0 Å². The lowest BCUT2D eigenvalue weighted by molar-refractivity contribution is 0.441. The molecule has 0 aliphatic carbocycles. The fraction of sp³-hybridized carbons (Fsp3) is 0.385. The predicted molar refractivity (Wildman–Crippen MR) is 74.8 cm³/mol. The van der Waals surface area contributed by atoms with Crippen LogP contribution in [-0.4, -0.2) is 25.8 Å². The van der Waals surface area contributed by atoms with E-state index < -0.39 is 10.0 Å². The molecule has 0 spiro atoms. The Morgan fingerprint density at radius 2 is 2.11 bits per heavy atom. The zero-order chi connectivity index (χ0) is 13.8. The molecule has 0 saturated heterocycles. The van der Waals surface area contributed by atoms with E-state index >= 15 is 0 Å². The molecule has 2 N–H and O–H groups in total. The van der Waals surface area contributed by atoms with E-state index in [1.54, 1.807) is 18.2 Å². The van der Waals surface area contributed by atoms with Crippen LogP contribution < -0.4 is 5.73 Å². The summed E-state index contributed by atoms with van der Waals surface area (Å²) in [5, 5.41) is 0. The molecule has 18 heavy (non-hydrogen) atoms. The van der Waals surface area contributed by atoms with E-state index in [4.69, 9.17) is 5.73 Å². The summed E-state index contributed by atoms with van der Waals surface area (Å²) in [6, 6.07) is 4.82. The average molecular weight is 268 g/mol. The molecule has 0 aromatic heterocycles. The van der Waals surface area contributed by atoms with E-state index in [1.807, 2.05) is 13.8 Å². The third-order valence-electron chi connectivity index (χ3n) is 2.69. The van der Waals surface area contributed by atoms with Gasteiger partial charge in [-0.25, -0.2) is 8.42 Å². The number of sulfonamides is 1. The van der Waals surface area contributed by atoms with Gasteiger partial charge in [0.2, 0.25) is 10.0 Å². The second kappa shape index (κ2) is 6.02. The third-order valence-corrected chi connectivity index (χ3v) is 4.56. The van der Waals surface area contributed by atoms with Gasteiger partial charge in [-0.15, -0.1) is 6.58 Å². The Morgan fingerprint density at radius 1 is 1.44 bits per heavy atom. The number of rotatable bonds is 6. The van der Waals surface area contributed by atoms with Crippen LogP contribution in [0.4, 0.5) is 5.69 Å². The topological polar surface area (TPSA) is 63.4 Å². The van der Waals surface area contributed by atoms with Crippen LogP contribution in [0.15, 0.2) is 35.7 Å². The average Bonchev–Trinajstić information content (AvgIpc) is 2.32. The molecule has 1 rings (SSSR count). The highest BCUT2D eigenvalue weighted by Gasteiger charge is 2.22. The lowest BCUT2D eigenvalue weighted by atomic mass is 10.2. The molecule has 0 aliphatic rings. The van der Waals surface area contributed by atoms with E-state index in [2.05, 4.69) is 6.58 Å². The van der Waals surface area contributed by atoms with E-state index in [0.29, 0.717) is 18.8 Å². The first kappa shape index (κ1) is 14.7. The minimum Gasteiger partial charge on any atom is -0.398 e. The van der Waals surface area contributed by atoms with E-state index in [0.717, 1.165) is 12.0 Å². The molecule has 0 saturated carbocycles. The van der Waals surface area contributed by atoms with Gasteiger partial charge in [-0.05, 0) is 31.0 Å². The van der Waals surface area contributed by atoms with Crippen molar-refractivity contribution in [3.63, 3.8) is 0 Å². The van der Waals surface area contributed by atoms with Crippen molar-refractivity contribution in [2.24, 2.45) is 0 Å². The lowest BCUT2D eigenvalue weighted by Crippen LogP contribution is -2.32. The molecule has 0 radical (unpaired) electrons. The molecule has 0 bridgehead atoms. The molecule has 4 nitrogen and oxygen atoms in total. The fourth-order valence-corrected chi connectivity index (χ4v) is 3.17. The third kappa shape index (κ3) is 3.11. The number of nitrogens with two attached hydrogens (primary N) is 1. The highest BCUT2D eigenvalue weighted by molar-refractivity contribution is 7.89. The number of hydrogen-bond donors (Lipinski definition) is 1. The first-order valence-electron chi connectivity index (χ1n) is 5.90. The quantitative estimate of drug-likeness (QED) is 0.635. The van der Waals surface area contributed by atoms with Crippen LogP contribution in [0.2, 0.25) is 0 Å². The van der Waals surface area contributed by atoms with Gasteiger partial charge in [0.05, 0.1) is 4.90 Å². The molecule has 0 aliphatic heterocycles. The van der Waals surface area contributed by atoms with Crippen LogP contribution in [0, 0.1) is 6.92 Å². The summed E-state index contributed by atoms with van der Waals surface area (Å²) in [5.41, 5.74) is 7.13. The van der Waals surface area contributed by atoms with Gasteiger partial charge in [0.15, 0.2) is 0 Å². The van der Waals surface area contributed by atoms with Crippen molar-refractivity contribution in [1.29, 1.82) is 0 Å². The van der Waals surface area contributed by atoms with Gasteiger partial charge in [-0.2, -0.15) is 4.31 Å². The van der Waals surface area contributed by atoms with Gasteiger partial charge >= 0.3 is 0 Å². The Morgan fingerprint density at radius 3 is 2.61 bits per heavy atom. The van der Waals surface area contributed by atoms with Crippen molar-refractivity contribution in [3.8, 4) is 0 Å². The number of benzene rings is 1. The maximum Gasteiger partial charge on any atom is 0.243 e. The Kier molecular flexibility index (Phi) is 4.93. The van der Waals surface area contributed by atoms with Gasteiger partial charge in [-0.1, -0.05) is 19.1 Å². The summed E-state index contributed by atoms with van der Waals surface area (Å²) in [7, 11) is -3.48. The minimum absolute atomic E-state index is 0.237. The molecule has 0 atom stereocenters. The molecular weight excluding hydrogens is 248 g/mol. The Labute approximate surface area is 109 Å². The summed E-state index contributed by atoms with van der Waals surface area (Å²) in [6.07, 6.45) is 2.35. The molecule has 0 fully saturated rings. The SMILES string of the molecule is C=CCN(CCC)S(=O)(=O)c1ccc(C)c(N)c1. The van der Waals surface area contributed by atoms with Crippen LogP contribution in [0.1, 0.15) is 18.9 Å². The van der Waals surface area contributed by atoms with Crippen LogP contribution in [0.3, 0.4) is 0 Å². The highest BCUT2D eigenvalue weighted by Crippen LogP contribution is 2.21. The van der Waals surface area contributed by atoms with E-state index in [9.17, 15) is 8.42 Å². The van der Waals surface area contributed by atoms with Crippen LogP contribution in [-0.2, 0) is 10.0 Å². The van der Waals surface area contributed by atoms with Crippen molar-refractivity contribution in [3.05, 3.63) is 36.4 Å². The van der Waals surface area contributed by atoms with Gasteiger partial charge in [-0.3, -0.25) is 0 Å². The second-order valence-corrected chi connectivity index (χ2v) is 6.11. The number of anilines is 1. The number of nitrogen functional groups attached to an aromatic ring is 1. The molecule has 0 amide bonds. The minimum atomic E-state index is -3.48. The summed E-state index contributed by atoms with van der Waals surface area (Å²) < 4.78 is 26.2. The zero-order valence-electron chi connectivity index (χ0n) is 10.9. The van der Waals surface area contributed by atoms with Gasteiger partial charge in [0.25, 0.3) is 0 Å². The largest absolute Gasteiger partial charge is 0.398 e. The monoisotopic (exact) mass is 268 g/mol. The number of nitrogens with zero attached hydrogens (tertiary/aromatic N) is 1. The van der Waals surface area contributed by atoms with Crippen molar-refractivity contribution < 1.29 is 8.42 Å². The summed E-state index contributed by atoms with van der Waals surface area (Å²) >= 11 is 0. The normalized spacial score (nSPS) is 11.7. The van der Waals surface area contributed by atoms with Crippen LogP contribution in [0.25, 0.3) is 0 Å². The summed E-state index contributed by atoms with van der Waals surface area (Å²) in [5.74, 6) is 0. The van der Waals surface area contributed by atoms with Crippen LogP contribution >= 0.6 is 0 Å². The first-order chi connectivity index (χ1) is 8.43. The van der Waals surface area contributed by atoms with Gasteiger partial charge < -0.3 is 5.73 Å². The number of hydrogen-bond acceptors (Lipinski definition) is 3. The molecule has 5 heteroatoms. The summed E-state index contributed by atoms with van der Waals surface area (Å²) in [4.78, 5) is 0.237. The fourth-order valence-electron chi connectivity index (χ4n) is 1.63. The van der Waals surface area contributed by atoms with Crippen molar-refractivity contribution >= 4 is 15.7 Å². The van der Waals surface area contributed by atoms with Crippen molar-refractivity contribution in [1.82, 2.24) is 4.31 Å². The number of aryl methyl sites for hydroxylation is 1. The molecule has 0 heterocycles. The van der Waals surface area contributed by atoms with E-state index in [1.165, 1.54) is 10.4 Å². The van der Waals surface area contributed by atoms with Crippen molar-refractivity contribution in [2.45, 2.75) is 25.2 Å². The Hall–Kier alpha value is -1.33. The predicted octanol–water partition coefficient (Wildman–Crippen LogP) is 2.16. The molecule has 0 unspecified atom stereocenters.